The summed E-state index contributed by atoms with van der Waals surface area (Å²) < 4.78 is 43.3. The normalized spacial score (nSPS) is 12.8. The molecule has 0 saturated carbocycles. The highest BCUT2D eigenvalue weighted by molar-refractivity contribution is 6.66. The zero-order valence-corrected chi connectivity index (χ0v) is 18.3. The molecule has 174 valence electrons. The van der Waals surface area contributed by atoms with Crippen molar-refractivity contribution in [3.8, 4) is 0 Å². The first kappa shape index (κ1) is 22.9. The predicted octanol–water partition coefficient (Wildman–Crippen LogP) is 2.33. The molecule has 1 aromatic carbocycles. The molecule has 0 spiro atoms. The van der Waals surface area contributed by atoms with Crippen LogP contribution < -0.4 is 11.2 Å². The number of hydrogen-bond acceptors (Lipinski definition) is 6. The Bertz CT molecular complexity index is 1340. The molecule has 0 aliphatic carbocycles. The van der Waals surface area contributed by atoms with Gasteiger partial charge in [0, 0.05) is 43.6 Å². The van der Waals surface area contributed by atoms with Gasteiger partial charge < -0.3 is 0 Å². The summed E-state index contributed by atoms with van der Waals surface area (Å²) in [5.74, 6) is -2.72. The van der Waals surface area contributed by atoms with Crippen LogP contribution in [0.1, 0.15) is 36.7 Å². The molecule has 33 heavy (non-hydrogen) atoms. The van der Waals surface area contributed by atoms with Gasteiger partial charge in [0.15, 0.2) is 5.82 Å². The van der Waals surface area contributed by atoms with E-state index in [2.05, 4.69) is 20.4 Å². The maximum absolute atomic E-state index is 13.8. The average molecular weight is 482 g/mol. The second-order valence-electron chi connectivity index (χ2n) is 7.54. The number of aryl methyl sites for hydroxylation is 1. The minimum atomic E-state index is -1.03. The summed E-state index contributed by atoms with van der Waals surface area (Å²) in [6.45, 7) is 2.62. The largest absolute Gasteiger partial charge is 0.332 e. The van der Waals surface area contributed by atoms with Gasteiger partial charge in [0.1, 0.15) is 28.4 Å². The van der Waals surface area contributed by atoms with E-state index in [1.807, 2.05) is 6.92 Å². The molecule has 0 radical (unpaired) electrons. The van der Waals surface area contributed by atoms with Gasteiger partial charge in [-0.05, 0) is 18.1 Å². The first-order valence-corrected chi connectivity index (χ1v) is 10.7. The fourth-order valence-electron chi connectivity index (χ4n) is 3.66. The quantitative estimate of drug-likeness (QED) is 0.491. The Kier molecular flexibility index (Phi) is 6.45. The summed E-state index contributed by atoms with van der Waals surface area (Å²) in [7, 11) is 0. The lowest BCUT2D eigenvalue weighted by Crippen LogP contribution is -2.41. The van der Waals surface area contributed by atoms with Crippen LogP contribution in [0.3, 0.4) is 0 Å². The molecule has 2 aromatic heterocycles. The summed E-state index contributed by atoms with van der Waals surface area (Å²) in [5.41, 5.74) is -0.878. The number of nitrogens with zero attached hydrogens (tertiary/aromatic N) is 7. The molecule has 1 aliphatic rings. The molecule has 4 rings (SSSR count). The van der Waals surface area contributed by atoms with Gasteiger partial charge >= 0.3 is 5.69 Å². The Labute approximate surface area is 190 Å². The van der Waals surface area contributed by atoms with Gasteiger partial charge in [0.25, 0.3) is 5.56 Å². The highest BCUT2D eigenvalue weighted by Crippen LogP contribution is 2.24. The van der Waals surface area contributed by atoms with E-state index in [1.54, 1.807) is 0 Å². The van der Waals surface area contributed by atoms with Gasteiger partial charge in [0.05, 0.1) is 12.1 Å². The predicted molar refractivity (Wildman–Crippen MR) is 113 cm³/mol. The van der Waals surface area contributed by atoms with Crippen molar-refractivity contribution in [2.75, 3.05) is 0 Å². The second kappa shape index (κ2) is 9.30. The maximum atomic E-state index is 13.8. The van der Waals surface area contributed by atoms with E-state index >= 15 is 0 Å². The number of hydrogen-bond donors (Lipinski definition) is 0. The first-order chi connectivity index (χ1) is 15.8. The average Bonchev–Trinajstić information content (AvgIpc) is 3.37. The molecule has 3 aromatic rings. The van der Waals surface area contributed by atoms with E-state index in [4.69, 9.17) is 11.6 Å². The van der Waals surface area contributed by atoms with Crippen LogP contribution in [0.4, 0.5) is 19.0 Å². The van der Waals surface area contributed by atoms with Crippen LogP contribution in [0.2, 0.25) is 0 Å². The van der Waals surface area contributed by atoms with E-state index < -0.39 is 28.7 Å². The molecule has 3 heterocycles. The Morgan fingerprint density at radius 2 is 1.79 bits per heavy atom. The standard InChI is InChI=1S/C20H19ClF3N7O2/c1-2-4-29-18-13(9-16(21)25-18)19(32)30(20(29)33)5-3-6-31-27-17(26-28-31)10-12-14(23)7-11(22)8-15(12)24/h7-8H,2-6,9-10H2,1H3. The van der Waals surface area contributed by atoms with Gasteiger partial charge in [-0.25, -0.2) is 23.0 Å². The monoisotopic (exact) mass is 481 g/mol. The Balaban J connectivity index is 1.47. The number of tetrazole rings is 1. The van der Waals surface area contributed by atoms with Gasteiger partial charge in [-0.2, -0.15) is 4.80 Å². The van der Waals surface area contributed by atoms with Crippen LogP contribution in [0, 0.1) is 17.5 Å². The summed E-state index contributed by atoms with van der Waals surface area (Å²) in [6, 6.07) is 1.17. The second-order valence-corrected chi connectivity index (χ2v) is 7.97. The van der Waals surface area contributed by atoms with Crippen LogP contribution in [-0.4, -0.2) is 34.5 Å². The van der Waals surface area contributed by atoms with E-state index in [-0.39, 0.29) is 42.5 Å². The number of fused-ring (bicyclic) bond motifs is 1. The topological polar surface area (TPSA) is 100.0 Å². The SMILES string of the molecule is CCCn1c2c(c(=O)n(CCCn3nnc(Cc4c(F)cc(F)cc4F)n3)c1=O)CC(Cl)=N2. The fraction of sp³-hybridized carbons (Fsp3) is 0.400. The van der Waals surface area contributed by atoms with Crippen LogP contribution in [0.25, 0.3) is 0 Å². The highest BCUT2D eigenvalue weighted by atomic mass is 35.5. The molecule has 0 unspecified atom stereocenters. The molecule has 0 bridgehead atoms. The lowest BCUT2D eigenvalue weighted by atomic mass is 10.1. The molecule has 0 atom stereocenters. The third-order valence-corrected chi connectivity index (χ3v) is 5.38. The number of aromatic nitrogens is 6. The molecule has 0 amide bonds. The molecular formula is C20H19ClF3N7O2. The van der Waals surface area contributed by atoms with Crippen molar-refractivity contribution in [1.82, 2.24) is 29.3 Å². The van der Waals surface area contributed by atoms with Crippen molar-refractivity contribution in [2.45, 2.75) is 52.2 Å². The van der Waals surface area contributed by atoms with E-state index in [0.29, 0.717) is 42.9 Å². The number of benzene rings is 1. The van der Waals surface area contributed by atoms with Crippen molar-refractivity contribution in [1.29, 1.82) is 0 Å². The lowest BCUT2D eigenvalue weighted by Gasteiger charge is -2.13. The summed E-state index contributed by atoms with van der Waals surface area (Å²) >= 11 is 5.99. The Morgan fingerprint density at radius 3 is 2.48 bits per heavy atom. The zero-order valence-electron chi connectivity index (χ0n) is 17.6. The Hall–Kier alpha value is -3.28. The number of rotatable bonds is 8. The van der Waals surface area contributed by atoms with Crippen molar-refractivity contribution in [3.05, 3.63) is 67.4 Å². The van der Waals surface area contributed by atoms with Gasteiger partial charge in [-0.1, -0.05) is 18.5 Å². The molecule has 1 aliphatic heterocycles. The third-order valence-electron chi connectivity index (χ3n) is 5.16. The van der Waals surface area contributed by atoms with Crippen molar-refractivity contribution < 1.29 is 13.2 Å². The minimum absolute atomic E-state index is 0.0474. The van der Waals surface area contributed by atoms with E-state index in [9.17, 15) is 22.8 Å². The molecule has 0 fully saturated rings. The van der Waals surface area contributed by atoms with Crippen molar-refractivity contribution in [3.63, 3.8) is 0 Å². The van der Waals surface area contributed by atoms with E-state index in [1.165, 1.54) is 9.36 Å². The fourth-order valence-corrected chi connectivity index (χ4v) is 3.87. The Morgan fingerprint density at radius 1 is 1.06 bits per heavy atom. The van der Waals surface area contributed by atoms with Gasteiger partial charge in [0.2, 0.25) is 0 Å². The van der Waals surface area contributed by atoms with Gasteiger partial charge in [-0.3, -0.25) is 13.9 Å². The summed E-state index contributed by atoms with van der Waals surface area (Å²) in [4.78, 5) is 31.0. The summed E-state index contributed by atoms with van der Waals surface area (Å²) in [6.07, 6.45) is 0.886. The molecule has 9 nitrogen and oxygen atoms in total. The number of aliphatic imine (C=N–C) groups is 1. The first-order valence-electron chi connectivity index (χ1n) is 10.3. The molecule has 0 saturated heterocycles. The lowest BCUT2D eigenvalue weighted by molar-refractivity contribution is 0.449. The zero-order chi connectivity index (χ0) is 23.7. The molecule has 0 N–H and O–H groups in total. The minimum Gasteiger partial charge on any atom is -0.278 e. The number of halogens is 4. The van der Waals surface area contributed by atoms with E-state index in [0.717, 1.165) is 4.57 Å². The molecular weight excluding hydrogens is 463 g/mol. The highest BCUT2D eigenvalue weighted by Gasteiger charge is 2.24. The van der Waals surface area contributed by atoms with Crippen LogP contribution in [0.5, 0.6) is 0 Å². The van der Waals surface area contributed by atoms with Crippen molar-refractivity contribution >= 4 is 22.6 Å². The maximum Gasteiger partial charge on any atom is 0.332 e. The van der Waals surface area contributed by atoms with Crippen LogP contribution in [0.15, 0.2) is 26.7 Å². The van der Waals surface area contributed by atoms with Crippen LogP contribution in [-0.2, 0) is 32.5 Å². The van der Waals surface area contributed by atoms with Gasteiger partial charge in [-0.15, -0.1) is 10.2 Å². The van der Waals surface area contributed by atoms with Crippen LogP contribution >= 0.6 is 11.6 Å². The third kappa shape index (κ3) is 4.61. The van der Waals surface area contributed by atoms with Crippen molar-refractivity contribution in [2.24, 2.45) is 4.99 Å². The smallest absolute Gasteiger partial charge is 0.278 e. The molecule has 13 heteroatoms. The summed E-state index contributed by atoms with van der Waals surface area (Å²) in [5, 5.41) is 11.9.